The first-order valence-electron chi connectivity index (χ1n) is 5.10. The highest BCUT2D eigenvalue weighted by Crippen LogP contribution is 1.92. The number of nitrogens with one attached hydrogen (secondary N) is 1. The van der Waals surface area contributed by atoms with E-state index in [2.05, 4.69) is 48.3 Å². The molecule has 0 aliphatic carbocycles. The third-order valence-corrected chi connectivity index (χ3v) is 1.99. The van der Waals surface area contributed by atoms with E-state index >= 15 is 0 Å². The van der Waals surface area contributed by atoms with Gasteiger partial charge in [0.25, 0.3) is 0 Å². The first kappa shape index (κ1) is 10.3. The van der Waals surface area contributed by atoms with Crippen molar-refractivity contribution in [2.75, 3.05) is 13.1 Å². The molecule has 0 radical (unpaired) electrons. The van der Waals surface area contributed by atoms with Crippen LogP contribution in [0.5, 0.6) is 0 Å². The normalized spacial score (nSPS) is 11.0. The van der Waals surface area contributed by atoms with Crippen LogP contribution in [0.1, 0.15) is 20.3 Å². The summed E-state index contributed by atoms with van der Waals surface area (Å²) in [6, 6.07) is 4.14. The van der Waals surface area contributed by atoms with Crippen LogP contribution in [0.3, 0.4) is 0 Å². The standard InChI is InChI=1S/C11H20N2/c1-11(2)10-12-6-5-9-13-7-3-4-8-13/h3-4,7-8,11-12H,5-6,9-10H2,1-2H3. The van der Waals surface area contributed by atoms with Crippen molar-refractivity contribution in [1.29, 1.82) is 0 Å². The van der Waals surface area contributed by atoms with Crippen LogP contribution in [0.4, 0.5) is 0 Å². The van der Waals surface area contributed by atoms with Gasteiger partial charge in [-0.3, -0.25) is 0 Å². The molecule has 0 unspecified atom stereocenters. The highest BCUT2D eigenvalue weighted by molar-refractivity contribution is 4.89. The van der Waals surface area contributed by atoms with Gasteiger partial charge in [0.1, 0.15) is 0 Å². The van der Waals surface area contributed by atoms with E-state index < -0.39 is 0 Å². The lowest BCUT2D eigenvalue weighted by Gasteiger charge is -2.07. The second-order valence-electron chi connectivity index (χ2n) is 3.87. The van der Waals surface area contributed by atoms with Crippen LogP contribution >= 0.6 is 0 Å². The molecule has 1 N–H and O–H groups in total. The van der Waals surface area contributed by atoms with Gasteiger partial charge in [0, 0.05) is 18.9 Å². The number of rotatable bonds is 6. The SMILES string of the molecule is CC(C)CNCCCn1cccc1. The van der Waals surface area contributed by atoms with E-state index in [0.717, 1.165) is 25.6 Å². The molecule has 0 fully saturated rings. The average Bonchev–Trinajstić information content (AvgIpc) is 2.55. The highest BCUT2D eigenvalue weighted by Gasteiger charge is 1.92. The van der Waals surface area contributed by atoms with E-state index in [1.54, 1.807) is 0 Å². The number of hydrogen-bond acceptors (Lipinski definition) is 1. The van der Waals surface area contributed by atoms with E-state index in [1.807, 2.05) is 0 Å². The molecule has 74 valence electrons. The zero-order valence-corrected chi connectivity index (χ0v) is 8.66. The third kappa shape index (κ3) is 4.73. The number of aromatic nitrogens is 1. The molecule has 2 heteroatoms. The van der Waals surface area contributed by atoms with Crippen molar-refractivity contribution in [3.8, 4) is 0 Å². The summed E-state index contributed by atoms with van der Waals surface area (Å²) in [4.78, 5) is 0. The Kier molecular flexibility index (Phi) is 4.61. The topological polar surface area (TPSA) is 17.0 Å². The van der Waals surface area contributed by atoms with Gasteiger partial charge in [-0.15, -0.1) is 0 Å². The van der Waals surface area contributed by atoms with E-state index in [-0.39, 0.29) is 0 Å². The Morgan fingerprint density at radius 3 is 2.54 bits per heavy atom. The molecule has 1 rings (SSSR count). The predicted molar refractivity (Wildman–Crippen MR) is 56.8 cm³/mol. The van der Waals surface area contributed by atoms with E-state index in [1.165, 1.54) is 6.42 Å². The zero-order chi connectivity index (χ0) is 9.52. The Morgan fingerprint density at radius 1 is 1.23 bits per heavy atom. The van der Waals surface area contributed by atoms with Crippen molar-refractivity contribution >= 4 is 0 Å². The molecule has 0 bridgehead atoms. The summed E-state index contributed by atoms with van der Waals surface area (Å²) in [5.74, 6) is 0.756. The first-order valence-corrected chi connectivity index (χ1v) is 5.10. The summed E-state index contributed by atoms with van der Waals surface area (Å²) in [6.45, 7) is 7.85. The highest BCUT2D eigenvalue weighted by atomic mass is 14.9. The van der Waals surface area contributed by atoms with Crippen LogP contribution < -0.4 is 5.32 Å². The van der Waals surface area contributed by atoms with Crippen molar-refractivity contribution in [2.24, 2.45) is 5.92 Å². The Morgan fingerprint density at radius 2 is 1.92 bits per heavy atom. The van der Waals surface area contributed by atoms with Crippen molar-refractivity contribution < 1.29 is 0 Å². The summed E-state index contributed by atoms with van der Waals surface area (Å²) in [7, 11) is 0. The minimum atomic E-state index is 0.756. The number of nitrogens with zero attached hydrogens (tertiary/aromatic N) is 1. The fourth-order valence-electron chi connectivity index (χ4n) is 1.30. The molecule has 0 aliphatic heterocycles. The number of hydrogen-bond donors (Lipinski definition) is 1. The fourth-order valence-corrected chi connectivity index (χ4v) is 1.30. The third-order valence-electron chi connectivity index (χ3n) is 1.99. The molecule has 0 saturated carbocycles. The van der Waals surface area contributed by atoms with Crippen LogP contribution in [0, 0.1) is 5.92 Å². The van der Waals surface area contributed by atoms with Crippen molar-refractivity contribution in [3.63, 3.8) is 0 Å². The van der Waals surface area contributed by atoms with Gasteiger partial charge in [-0.2, -0.15) is 0 Å². The van der Waals surface area contributed by atoms with Crippen LogP contribution in [0.25, 0.3) is 0 Å². The summed E-state index contributed by atoms with van der Waals surface area (Å²) >= 11 is 0. The lowest BCUT2D eigenvalue weighted by atomic mass is 10.2. The maximum absolute atomic E-state index is 3.43. The van der Waals surface area contributed by atoms with E-state index in [9.17, 15) is 0 Å². The largest absolute Gasteiger partial charge is 0.354 e. The monoisotopic (exact) mass is 180 g/mol. The minimum absolute atomic E-state index is 0.756. The smallest absolute Gasteiger partial charge is 0.0231 e. The van der Waals surface area contributed by atoms with Gasteiger partial charge >= 0.3 is 0 Å². The van der Waals surface area contributed by atoms with Crippen LogP contribution in [-0.4, -0.2) is 17.7 Å². The van der Waals surface area contributed by atoms with Gasteiger partial charge in [0.15, 0.2) is 0 Å². The van der Waals surface area contributed by atoms with Gasteiger partial charge in [-0.1, -0.05) is 13.8 Å². The molecule has 0 saturated heterocycles. The van der Waals surface area contributed by atoms with Crippen molar-refractivity contribution in [2.45, 2.75) is 26.8 Å². The van der Waals surface area contributed by atoms with E-state index in [0.29, 0.717) is 0 Å². The lowest BCUT2D eigenvalue weighted by molar-refractivity contribution is 0.522. The molecule has 1 aromatic heterocycles. The van der Waals surface area contributed by atoms with Gasteiger partial charge in [-0.25, -0.2) is 0 Å². The molecule has 0 amide bonds. The van der Waals surface area contributed by atoms with Crippen molar-refractivity contribution in [3.05, 3.63) is 24.5 Å². The summed E-state index contributed by atoms with van der Waals surface area (Å²) in [6.07, 6.45) is 5.44. The van der Waals surface area contributed by atoms with Crippen LogP contribution in [0.2, 0.25) is 0 Å². The molecule has 1 heterocycles. The lowest BCUT2D eigenvalue weighted by Crippen LogP contribution is -2.21. The maximum atomic E-state index is 3.43. The molecular weight excluding hydrogens is 160 g/mol. The predicted octanol–water partition coefficient (Wildman–Crippen LogP) is 2.12. The average molecular weight is 180 g/mol. The summed E-state index contributed by atoms with van der Waals surface area (Å²) in [5.41, 5.74) is 0. The van der Waals surface area contributed by atoms with Gasteiger partial charge < -0.3 is 9.88 Å². The quantitative estimate of drug-likeness (QED) is 0.664. The zero-order valence-electron chi connectivity index (χ0n) is 8.66. The Bertz CT molecular complexity index is 202. The Hall–Kier alpha value is -0.760. The second-order valence-corrected chi connectivity index (χ2v) is 3.87. The number of aryl methyl sites for hydroxylation is 1. The molecular formula is C11H20N2. The fraction of sp³-hybridized carbons (Fsp3) is 0.636. The summed E-state index contributed by atoms with van der Waals surface area (Å²) in [5, 5.41) is 3.43. The molecule has 0 aliphatic rings. The second kappa shape index (κ2) is 5.81. The van der Waals surface area contributed by atoms with Crippen LogP contribution in [-0.2, 0) is 6.54 Å². The molecule has 13 heavy (non-hydrogen) atoms. The first-order chi connectivity index (χ1) is 6.29. The molecule has 0 aromatic carbocycles. The molecule has 1 aromatic rings. The molecule has 2 nitrogen and oxygen atoms in total. The minimum Gasteiger partial charge on any atom is -0.354 e. The van der Waals surface area contributed by atoms with Gasteiger partial charge in [0.2, 0.25) is 0 Å². The van der Waals surface area contributed by atoms with E-state index in [4.69, 9.17) is 0 Å². The molecule has 0 atom stereocenters. The summed E-state index contributed by atoms with van der Waals surface area (Å²) < 4.78 is 2.22. The Balaban J connectivity index is 1.96. The maximum Gasteiger partial charge on any atom is 0.0231 e. The van der Waals surface area contributed by atoms with Gasteiger partial charge in [0.05, 0.1) is 0 Å². The molecule has 0 spiro atoms. The van der Waals surface area contributed by atoms with Gasteiger partial charge in [-0.05, 0) is 37.6 Å². The van der Waals surface area contributed by atoms with Crippen molar-refractivity contribution in [1.82, 2.24) is 9.88 Å². The Labute approximate surface area is 81.0 Å². The van der Waals surface area contributed by atoms with Crippen LogP contribution in [0.15, 0.2) is 24.5 Å².